The molecule has 2 aliphatic rings. The van der Waals surface area contributed by atoms with Crippen molar-refractivity contribution in [3.8, 4) is 0 Å². The second kappa shape index (κ2) is 7.02. The molecule has 1 saturated heterocycles. The molecule has 2 aromatic rings. The van der Waals surface area contributed by atoms with Crippen molar-refractivity contribution in [3.05, 3.63) is 65.2 Å². The number of nitrogens with zero attached hydrogens (tertiary/aromatic N) is 2. The minimum atomic E-state index is -0.975. The van der Waals surface area contributed by atoms with Crippen LogP contribution in [0.25, 0.3) is 0 Å². The van der Waals surface area contributed by atoms with E-state index in [-0.39, 0.29) is 18.4 Å². The summed E-state index contributed by atoms with van der Waals surface area (Å²) in [6, 6.07) is 16.0. The molecule has 5 nitrogen and oxygen atoms in total. The van der Waals surface area contributed by atoms with Gasteiger partial charge in [-0.2, -0.15) is 0 Å². The molecule has 0 radical (unpaired) electrons. The lowest BCUT2D eigenvalue weighted by Gasteiger charge is -2.33. The van der Waals surface area contributed by atoms with E-state index >= 15 is 0 Å². The summed E-state index contributed by atoms with van der Waals surface area (Å²) in [5.41, 5.74) is 4.03. The van der Waals surface area contributed by atoms with Gasteiger partial charge in [0, 0.05) is 25.0 Å². The van der Waals surface area contributed by atoms with Gasteiger partial charge in [0.05, 0.1) is 12.2 Å². The maximum absolute atomic E-state index is 13.6. The molecule has 2 amide bonds. The number of para-hydroxylation sites is 1. The van der Waals surface area contributed by atoms with Crippen molar-refractivity contribution in [2.75, 3.05) is 30.9 Å². The zero-order chi connectivity index (χ0) is 19.0. The Labute approximate surface area is 163 Å². The Morgan fingerprint density at radius 2 is 1.93 bits per heavy atom. The summed E-state index contributed by atoms with van der Waals surface area (Å²) < 4.78 is 5.05. The summed E-state index contributed by atoms with van der Waals surface area (Å²) in [7, 11) is 1.50. The number of aryl methyl sites for hydroxylation is 1. The van der Waals surface area contributed by atoms with Crippen molar-refractivity contribution < 1.29 is 14.3 Å². The highest BCUT2D eigenvalue weighted by atomic mass is 32.2. The predicted molar refractivity (Wildman–Crippen MR) is 107 cm³/mol. The first-order chi connectivity index (χ1) is 13.1. The molecule has 140 valence electrons. The molecule has 1 fully saturated rings. The van der Waals surface area contributed by atoms with E-state index in [4.69, 9.17) is 4.74 Å². The van der Waals surface area contributed by atoms with Crippen LogP contribution in [-0.2, 0) is 25.7 Å². The lowest BCUT2D eigenvalue weighted by Crippen LogP contribution is -2.51. The van der Waals surface area contributed by atoms with Gasteiger partial charge in [0.1, 0.15) is 6.61 Å². The number of benzene rings is 2. The fourth-order valence-electron chi connectivity index (χ4n) is 3.86. The third-order valence-electron chi connectivity index (χ3n) is 5.13. The van der Waals surface area contributed by atoms with Gasteiger partial charge in [-0.25, -0.2) is 0 Å². The zero-order valence-electron chi connectivity index (χ0n) is 15.5. The number of carbonyl (C=O) groups excluding carboxylic acids is 2. The van der Waals surface area contributed by atoms with Gasteiger partial charge in [0.2, 0.25) is 5.91 Å². The second-order valence-electron chi connectivity index (χ2n) is 6.86. The van der Waals surface area contributed by atoms with Gasteiger partial charge in [0.15, 0.2) is 4.87 Å². The third kappa shape index (κ3) is 2.84. The summed E-state index contributed by atoms with van der Waals surface area (Å²) in [6.45, 7) is 3.06. The molecule has 4 rings (SSSR count). The summed E-state index contributed by atoms with van der Waals surface area (Å²) >= 11 is 1.54. The molecule has 6 heteroatoms. The fraction of sp³-hybridized carbons (Fsp3) is 0.333. The predicted octanol–water partition coefficient (Wildman–Crippen LogP) is 2.92. The van der Waals surface area contributed by atoms with Crippen LogP contribution >= 0.6 is 11.8 Å². The Morgan fingerprint density at radius 3 is 2.67 bits per heavy atom. The van der Waals surface area contributed by atoms with Gasteiger partial charge >= 0.3 is 0 Å². The lowest BCUT2D eigenvalue weighted by molar-refractivity contribution is -0.143. The Bertz CT molecular complexity index is 883. The molecule has 27 heavy (non-hydrogen) atoms. The van der Waals surface area contributed by atoms with E-state index in [0.717, 1.165) is 22.6 Å². The standard InChI is InChI=1S/C21H22N2O3S/c1-15-7-9-16(10-8-15)13-22-18-6-4-3-5-17(18)21(20(22)25)23(11-12-27-21)19(24)14-26-2/h3-10H,11-14H2,1-2H3. The number of hydrogen-bond donors (Lipinski definition) is 0. The quantitative estimate of drug-likeness (QED) is 0.816. The number of hydrogen-bond acceptors (Lipinski definition) is 4. The van der Waals surface area contributed by atoms with Crippen LogP contribution in [0.1, 0.15) is 16.7 Å². The first-order valence-electron chi connectivity index (χ1n) is 8.98. The Balaban J connectivity index is 1.75. The zero-order valence-corrected chi connectivity index (χ0v) is 16.3. The largest absolute Gasteiger partial charge is 0.375 e. The van der Waals surface area contributed by atoms with Crippen LogP contribution in [0.3, 0.4) is 0 Å². The van der Waals surface area contributed by atoms with Crippen LogP contribution in [0.4, 0.5) is 5.69 Å². The topological polar surface area (TPSA) is 49.9 Å². The number of amides is 2. The molecule has 0 N–H and O–H groups in total. The van der Waals surface area contributed by atoms with Gasteiger partial charge in [-0.3, -0.25) is 9.59 Å². The van der Waals surface area contributed by atoms with Gasteiger partial charge in [-0.1, -0.05) is 48.0 Å². The molecule has 2 heterocycles. The number of ether oxygens (including phenoxy) is 1. The molecular formula is C21H22N2O3S. The molecule has 2 aromatic carbocycles. The van der Waals surface area contributed by atoms with Crippen LogP contribution in [-0.4, -0.2) is 42.7 Å². The van der Waals surface area contributed by atoms with Crippen molar-refractivity contribution in [1.29, 1.82) is 0 Å². The average molecular weight is 382 g/mol. The highest BCUT2D eigenvalue weighted by molar-refractivity contribution is 8.01. The van der Waals surface area contributed by atoms with Gasteiger partial charge in [-0.15, -0.1) is 11.8 Å². The van der Waals surface area contributed by atoms with E-state index in [0.29, 0.717) is 13.1 Å². The molecule has 0 aromatic heterocycles. The van der Waals surface area contributed by atoms with Crippen LogP contribution in [0, 0.1) is 6.92 Å². The molecule has 2 aliphatic heterocycles. The van der Waals surface area contributed by atoms with Crippen LogP contribution in [0.15, 0.2) is 48.5 Å². The second-order valence-corrected chi connectivity index (χ2v) is 8.15. The number of rotatable bonds is 4. The minimum absolute atomic E-state index is 0.0181. The van der Waals surface area contributed by atoms with E-state index in [1.54, 1.807) is 16.7 Å². The Kier molecular flexibility index (Phi) is 4.70. The van der Waals surface area contributed by atoms with E-state index in [9.17, 15) is 9.59 Å². The number of anilines is 1. The van der Waals surface area contributed by atoms with Crippen molar-refractivity contribution in [1.82, 2.24) is 4.90 Å². The number of carbonyl (C=O) groups is 2. The summed E-state index contributed by atoms with van der Waals surface area (Å²) in [6.07, 6.45) is 0. The van der Waals surface area contributed by atoms with Crippen LogP contribution in [0.5, 0.6) is 0 Å². The summed E-state index contributed by atoms with van der Waals surface area (Å²) in [5.74, 6) is 0.535. The first kappa shape index (κ1) is 18.1. The molecule has 0 aliphatic carbocycles. The van der Waals surface area contributed by atoms with Gasteiger partial charge < -0.3 is 14.5 Å². The van der Waals surface area contributed by atoms with Crippen LogP contribution < -0.4 is 4.90 Å². The van der Waals surface area contributed by atoms with Crippen molar-refractivity contribution >= 4 is 29.3 Å². The maximum atomic E-state index is 13.6. The Hall–Kier alpha value is -2.31. The molecule has 0 bridgehead atoms. The average Bonchev–Trinajstić information content (AvgIpc) is 3.21. The SMILES string of the molecule is COCC(=O)N1CCSC12C(=O)N(Cc1ccc(C)cc1)c1ccccc12. The summed E-state index contributed by atoms with van der Waals surface area (Å²) in [5, 5.41) is 0. The highest BCUT2D eigenvalue weighted by Crippen LogP contribution is 2.54. The van der Waals surface area contributed by atoms with E-state index < -0.39 is 4.87 Å². The minimum Gasteiger partial charge on any atom is -0.375 e. The monoisotopic (exact) mass is 382 g/mol. The lowest BCUT2D eigenvalue weighted by atomic mass is 10.1. The van der Waals surface area contributed by atoms with Crippen molar-refractivity contribution in [2.24, 2.45) is 0 Å². The summed E-state index contributed by atoms with van der Waals surface area (Å²) in [4.78, 5) is 28.9. The van der Waals surface area contributed by atoms with E-state index in [1.165, 1.54) is 12.7 Å². The van der Waals surface area contributed by atoms with Crippen molar-refractivity contribution in [3.63, 3.8) is 0 Å². The molecule has 0 saturated carbocycles. The molecular weight excluding hydrogens is 360 g/mol. The Morgan fingerprint density at radius 1 is 1.19 bits per heavy atom. The number of methoxy groups -OCH3 is 1. The smallest absolute Gasteiger partial charge is 0.268 e. The van der Waals surface area contributed by atoms with Gasteiger partial charge in [0.25, 0.3) is 5.91 Å². The highest BCUT2D eigenvalue weighted by Gasteiger charge is 2.59. The third-order valence-corrected chi connectivity index (χ3v) is 6.55. The van der Waals surface area contributed by atoms with Crippen LogP contribution in [0.2, 0.25) is 0 Å². The molecule has 1 unspecified atom stereocenters. The fourth-order valence-corrected chi connectivity index (χ4v) is 5.34. The van der Waals surface area contributed by atoms with E-state index in [2.05, 4.69) is 12.1 Å². The van der Waals surface area contributed by atoms with Crippen molar-refractivity contribution in [2.45, 2.75) is 18.3 Å². The van der Waals surface area contributed by atoms with Gasteiger partial charge in [-0.05, 0) is 18.6 Å². The van der Waals surface area contributed by atoms with E-state index in [1.807, 2.05) is 48.2 Å². The molecule has 1 atom stereocenters. The number of thioether (sulfide) groups is 1. The molecule has 1 spiro atoms. The normalized spacial score (nSPS) is 21.2. The first-order valence-corrected chi connectivity index (χ1v) is 9.97. The number of fused-ring (bicyclic) bond motifs is 2. The maximum Gasteiger partial charge on any atom is 0.268 e.